The number of methoxy groups -OCH3 is 1. The van der Waals surface area contributed by atoms with E-state index in [-0.39, 0.29) is 11.3 Å². The van der Waals surface area contributed by atoms with Gasteiger partial charge in [-0.05, 0) is 37.1 Å². The fourth-order valence-corrected chi connectivity index (χ4v) is 2.21. The van der Waals surface area contributed by atoms with Crippen LogP contribution in [0.5, 0.6) is 5.75 Å². The Morgan fingerprint density at radius 3 is 2.61 bits per heavy atom. The quantitative estimate of drug-likeness (QED) is 0.881. The molecule has 23 heavy (non-hydrogen) atoms. The predicted octanol–water partition coefficient (Wildman–Crippen LogP) is 3.80. The molecule has 3 rings (SSSR count). The summed E-state index contributed by atoms with van der Waals surface area (Å²) in [6, 6.07) is 8.68. The van der Waals surface area contributed by atoms with Gasteiger partial charge in [-0.3, -0.25) is 4.79 Å². The molecule has 0 bridgehead atoms. The molecular weight excluding hydrogens is 302 g/mol. The van der Waals surface area contributed by atoms with Crippen molar-refractivity contribution in [1.29, 1.82) is 0 Å². The number of ether oxygens (including phenoxy) is 1. The van der Waals surface area contributed by atoms with E-state index in [1.807, 2.05) is 0 Å². The van der Waals surface area contributed by atoms with Gasteiger partial charge >= 0.3 is 0 Å². The van der Waals surface area contributed by atoms with E-state index >= 15 is 0 Å². The average molecular weight is 318 g/mol. The van der Waals surface area contributed by atoms with Crippen molar-refractivity contribution in [3.63, 3.8) is 0 Å². The van der Waals surface area contributed by atoms with E-state index < -0.39 is 17.5 Å². The van der Waals surface area contributed by atoms with Crippen molar-refractivity contribution in [2.45, 2.75) is 18.9 Å². The van der Waals surface area contributed by atoms with Gasteiger partial charge in [-0.15, -0.1) is 0 Å². The SMILES string of the molecule is COc1ccc(C(=O)Nc2c(F)cccc2NC2CC2)c(F)c1. The Kier molecular flexibility index (Phi) is 4.14. The maximum Gasteiger partial charge on any atom is 0.258 e. The fraction of sp³-hybridized carbons (Fsp3) is 0.235. The van der Waals surface area contributed by atoms with Crippen molar-refractivity contribution < 1.29 is 18.3 Å². The van der Waals surface area contributed by atoms with E-state index in [2.05, 4.69) is 10.6 Å². The van der Waals surface area contributed by atoms with Crippen molar-refractivity contribution in [3.05, 3.63) is 53.6 Å². The lowest BCUT2D eigenvalue weighted by Gasteiger charge is -2.14. The molecule has 4 nitrogen and oxygen atoms in total. The Labute approximate surface area is 132 Å². The molecule has 0 atom stereocenters. The molecule has 0 aliphatic heterocycles. The molecule has 2 aromatic carbocycles. The highest BCUT2D eigenvalue weighted by atomic mass is 19.1. The summed E-state index contributed by atoms with van der Waals surface area (Å²) in [5.74, 6) is -1.71. The highest BCUT2D eigenvalue weighted by molar-refractivity contribution is 6.06. The molecule has 2 aromatic rings. The number of amides is 1. The van der Waals surface area contributed by atoms with E-state index in [4.69, 9.17) is 4.74 Å². The van der Waals surface area contributed by atoms with Crippen LogP contribution in [0, 0.1) is 11.6 Å². The van der Waals surface area contributed by atoms with Crippen LogP contribution < -0.4 is 15.4 Å². The molecule has 0 aromatic heterocycles. The first-order valence-corrected chi connectivity index (χ1v) is 7.28. The molecule has 1 aliphatic carbocycles. The molecule has 0 saturated heterocycles. The van der Waals surface area contributed by atoms with Crippen LogP contribution >= 0.6 is 0 Å². The average Bonchev–Trinajstić information content (AvgIpc) is 3.34. The number of anilines is 2. The molecule has 2 N–H and O–H groups in total. The molecular formula is C17H16F2N2O2. The van der Waals surface area contributed by atoms with Crippen LogP contribution in [0.3, 0.4) is 0 Å². The zero-order valence-electron chi connectivity index (χ0n) is 12.5. The highest BCUT2D eigenvalue weighted by Crippen LogP contribution is 2.31. The molecule has 0 unspecified atom stereocenters. The van der Waals surface area contributed by atoms with Gasteiger partial charge in [0.05, 0.1) is 18.4 Å². The fourth-order valence-electron chi connectivity index (χ4n) is 2.21. The summed E-state index contributed by atoms with van der Waals surface area (Å²) in [7, 11) is 1.41. The third-order valence-electron chi connectivity index (χ3n) is 3.61. The maximum atomic E-state index is 14.0. The zero-order valence-corrected chi connectivity index (χ0v) is 12.5. The van der Waals surface area contributed by atoms with Crippen molar-refractivity contribution in [3.8, 4) is 5.75 Å². The van der Waals surface area contributed by atoms with Gasteiger partial charge in [0.2, 0.25) is 0 Å². The number of hydrogen-bond acceptors (Lipinski definition) is 3. The molecule has 1 saturated carbocycles. The van der Waals surface area contributed by atoms with E-state index in [1.165, 1.54) is 25.3 Å². The summed E-state index contributed by atoms with van der Waals surface area (Å²) in [6.07, 6.45) is 2.02. The van der Waals surface area contributed by atoms with Crippen molar-refractivity contribution in [2.75, 3.05) is 17.7 Å². The molecule has 0 radical (unpaired) electrons. The second-order valence-electron chi connectivity index (χ2n) is 5.38. The van der Waals surface area contributed by atoms with E-state index in [0.29, 0.717) is 17.5 Å². The number of rotatable bonds is 5. The summed E-state index contributed by atoms with van der Waals surface area (Å²) in [4.78, 5) is 12.3. The van der Waals surface area contributed by atoms with Gasteiger partial charge in [-0.2, -0.15) is 0 Å². The summed E-state index contributed by atoms with van der Waals surface area (Å²) in [5, 5.41) is 5.60. The highest BCUT2D eigenvalue weighted by Gasteiger charge is 2.23. The number of carbonyl (C=O) groups is 1. The second kappa shape index (κ2) is 6.24. The predicted molar refractivity (Wildman–Crippen MR) is 83.9 cm³/mol. The monoisotopic (exact) mass is 318 g/mol. The van der Waals surface area contributed by atoms with E-state index in [0.717, 1.165) is 18.9 Å². The Morgan fingerprint density at radius 2 is 1.96 bits per heavy atom. The van der Waals surface area contributed by atoms with Crippen molar-refractivity contribution in [1.82, 2.24) is 0 Å². The van der Waals surface area contributed by atoms with Gasteiger partial charge in [0.15, 0.2) is 0 Å². The standard InChI is InChI=1S/C17H16F2N2O2/c1-23-11-7-8-12(14(19)9-11)17(22)21-16-13(18)3-2-4-15(16)20-10-5-6-10/h2-4,7-10,20H,5-6H2,1H3,(H,21,22). The van der Waals surface area contributed by atoms with Crippen LogP contribution in [0.25, 0.3) is 0 Å². The van der Waals surface area contributed by atoms with E-state index in [9.17, 15) is 13.6 Å². The molecule has 6 heteroatoms. The van der Waals surface area contributed by atoms with Gasteiger partial charge < -0.3 is 15.4 Å². The maximum absolute atomic E-state index is 14.0. The van der Waals surface area contributed by atoms with Crippen LogP contribution in [0.2, 0.25) is 0 Å². The van der Waals surface area contributed by atoms with Crippen LogP contribution in [0.15, 0.2) is 36.4 Å². The molecule has 1 amide bonds. The largest absolute Gasteiger partial charge is 0.497 e. The van der Waals surface area contributed by atoms with Gasteiger partial charge in [-0.25, -0.2) is 8.78 Å². The lowest BCUT2D eigenvalue weighted by molar-refractivity contribution is 0.102. The van der Waals surface area contributed by atoms with Crippen LogP contribution in [-0.4, -0.2) is 19.1 Å². The molecule has 0 heterocycles. The topological polar surface area (TPSA) is 50.4 Å². The van der Waals surface area contributed by atoms with Crippen LogP contribution in [0.1, 0.15) is 23.2 Å². The lowest BCUT2D eigenvalue weighted by atomic mass is 10.1. The van der Waals surface area contributed by atoms with Crippen molar-refractivity contribution in [2.24, 2.45) is 0 Å². The summed E-state index contributed by atoms with van der Waals surface area (Å²) in [6.45, 7) is 0. The van der Waals surface area contributed by atoms with Crippen molar-refractivity contribution >= 4 is 17.3 Å². The van der Waals surface area contributed by atoms with Crippen LogP contribution in [0.4, 0.5) is 20.2 Å². The lowest BCUT2D eigenvalue weighted by Crippen LogP contribution is -2.17. The first-order chi connectivity index (χ1) is 11.1. The Bertz CT molecular complexity index is 745. The molecule has 1 fully saturated rings. The number of benzene rings is 2. The normalized spacial score (nSPS) is 13.5. The van der Waals surface area contributed by atoms with Gasteiger partial charge in [0, 0.05) is 12.1 Å². The van der Waals surface area contributed by atoms with Gasteiger partial charge in [0.25, 0.3) is 5.91 Å². The first-order valence-electron chi connectivity index (χ1n) is 7.28. The Morgan fingerprint density at radius 1 is 1.17 bits per heavy atom. The molecule has 120 valence electrons. The summed E-state index contributed by atoms with van der Waals surface area (Å²) < 4.78 is 32.9. The Hall–Kier alpha value is -2.63. The summed E-state index contributed by atoms with van der Waals surface area (Å²) >= 11 is 0. The number of halogens is 2. The third kappa shape index (κ3) is 3.41. The first kappa shape index (κ1) is 15.3. The number of carbonyl (C=O) groups excluding carboxylic acids is 1. The van der Waals surface area contributed by atoms with Crippen LogP contribution in [-0.2, 0) is 0 Å². The second-order valence-corrected chi connectivity index (χ2v) is 5.38. The van der Waals surface area contributed by atoms with Gasteiger partial charge in [-0.1, -0.05) is 6.07 Å². The number of nitrogens with one attached hydrogen (secondary N) is 2. The zero-order chi connectivity index (χ0) is 16.4. The minimum Gasteiger partial charge on any atom is -0.497 e. The summed E-state index contributed by atoms with van der Waals surface area (Å²) in [5.41, 5.74) is 0.348. The smallest absolute Gasteiger partial charge is 0.258 e. The van der Waals surface area contributed by atoms with Gasteiger partial charge in [0.1, 0.15) is 23.1 Å². The third-order valence-corrected chi connectivity index (χ3v) is 3.61. The molecule has 0 spiro atoms. The minimum absolute atomic E-state index is 0.0274. The minimum atomic E-state index is -0.727. The Balaban J connectivity index is 1.85. The number of hydrogen-bond donors (Lipinski definition) is 2. The van der Waals surface area contributed by atoms with E-state index in [1.54, 1.807) is 12.1 Å². The molecule has 1 aliphatic rings. The number of para-hydroxylation sites is 1.